The summed E-state index contributed by atoms with van der Waals surface area (Å²) in [6.45, 7) is 4.65. The van der Waals surface area contributed by atoms with E-state index in [9.17, 15) is 0 Å². The average Bonchev–Trinajstić information content (AvgIpc) is 2.25. The first-order valence-electron chi connectivity index (χ1n) is 5.15. The van der Waals surface area contributed by atoms with Crippen LogP contribution >= 0.6 is 12.2 Å². The molecule has 0 spiro atoms. The third kappa shape index (κ3) is 3.51. The zero-order valence-corrected chi connectivity index (χ0v) is 10.0. The van der Waals surface area contributed by atoms with Gasteiger partial charge >= 0.3 is 0 Å². The lowest BCUT2D eigenvalue weighted by molar-refractivity contribution is 0.370. The van der Waals surface area contributed by atoms with Gasteiger partial charge in [0.2, 0.25) is 0 Å². The summed E-state index contributed by atoms with van der Waals surface area (Å²) < 4.78 is 5.56. The predicted octanol–water partition coefficient (Wildman–Crippen LogP) is 2.87. The third-order valence-corrected chi connectivity index (χ3v) is 2.55. The molecule has 0 fully saturated rings. The maximum absolute atomic E-state index is 5.56. The van der Waals surface area contributed by atoms with Gasteiger partial charge in [-0.25, -0.2) is 0 Å². The van der Waals surface area contributed by atoms with Crippen LogP contribution in [0.4, 0.5) is 0 Å². The molecule has 0 heterocycles. The number of thiocarbonyl (C=S) groups is 1. The molecule has 1 unspecified atom stereocenters. The van der Waals surface area contributed by atoms with Crippen molar-refractivity contribution in [1.29, 1.82) is 0 Å². The fourth-order valence-electron chi connectivity index (χ4n) is 1.39. The molecule has 0 aromatic heterocycles. The predicted molar refractivity (Wildman–Crippen MR) is 67.4 cm³/mol. The van der Waals surface area contributed by atoms with E-state index in [1.165, 1.54) is 5.56 Å². The lowest BCUT2D eigenvalue weighted by Crippen LogP contribution is -2.18. The van der Waals surface area contributed by atoms with Crippen molar-refractivity contribution in [1.82, 2.24) is 0 Å². The second-order valence-corrected chi connectivity index (χ2v) is 4.13. The van der Waals surface area contributed by atoms with Gasteiger partial charge in [0, 0.05) is 0 Å². The van der Waals surface area contributed by atoms with Gasteiger partial charge in [0.1, 0.15) is 17.3 Å². The summed E-state index contributed by atoms with van der Waals surface area (Å²) in [5.41, 5.74) is 6.62. The summed E-state index contributed by atoms with van der Waals surface area (Å²) in [4.78, 5) is 0.383. The molecule has 0 aliphatic rings. The van der Waals surface area contributed by atoms with E-state index in [1.807, 2.05) is 18.2 Å². The fourth-order valence-corrected chi connectivity index (χ4v) is 1.45. The van der Waals surface area contributed by atoms with Crippen LogP contribution in [-0.4, -0.2) is 11.6 Å². The van der Waals surface area contributed by atoms with Crippen LogP contribution in [0.1, 0.15) is 31.7 Å². The minimum Gasteiger partial charge on any atom is -0.486 e. The van der Waals surface area contributed by atoms with Gasteiger partial charge in [0.15, 0.2) is 0 Å². The van der Waals surface area contributed by atoms with Crippen LogP contribution in [0.3, 0.4) is 0 Å². The summed E-state index contributed by atoms with van der Waals surface area (Å²) >= 11 is 4.78. The molecule has 82 valence electrons. The van der Waals surface area contributed by atoms with Crippen molar-refractivity contribution < 1.29 is 4.74 Å². The highest BCUT2D eigenvalue weighted by Gasteiger charge is 2.09. The van der Waals surface area contributed by atoms with Crippen molar-refractivity contribution in [2.75, 3.05) is 6.61 Å². The highest BCUT2D eigenvalue weighted by molar-refractivity contribution is 7.80. The molecule has 15 heavy (non-hydrogen) atoms. The zero-order valence-electron chi connectivity index (χ0n) is 9.19. The van der Waals surface area contributed by atoms with Gasteiger partial charge in [-0.3, -0.25) is 0 Å². The molecule has 0 saturated heterocycles. The van der Waals surface area contributed by atoms with Crippen LogP contribution < -0.4 is 10.5 Å². The largest absolute Gasteiger partial charge is 0.486 e. The van der Waals surface area contributed by atoms with Crippen molar-refractivity contribution in [2.45, 2.75) is 26.2 Å². The Balaban J connectivity index is 2.81. The summed E-state index contributed by atoms with van der Waals surface area (Å²) in [6, 6.07) is 8.03. The molecule has 1 atom stereocenters. The topological polar surface area (TPSA) is 35.2 Å². The molecule has 2 N–H and O–H groups in total. The van der Waals surface area contributed by atoms with E-state index in [0.29, 0.717) is 17.5 Å². The second-order valence-electron chi connectivity index (χ2n) is 3.60. The first-order valence-corrected chi connectivity index (χ1v) is 5.56. The maximum atomic E-state index is 5.56. The Bertz CT molecular complexity index is 338. The molecular weight excluding hydrogens is 206 g/mol. The fraction of sp³-hybridized carbons (Fsp3) is 0.417. The standard InChI is InChI=1S/C12H17NOS/c1-3-9(2)10-6-4-5-7-11(10)14-8-12(13)15/h4-7,9H,3,8H2,1-2H3,(H2,13,15). The Labute approximate surface area is 96.4 Å². The monoisotopic (exact) mass is 223 g/mol. The Morgan fingerprint density at radius 3 is 2.73 bits per heavy atom. The molecule has 0 saturated carbocycles. The lowest BCUT2D eigenvalue weighted by atomic mass is 9.98. The minimum atomic E-state index is 0.308. The second kappa shape index (κ2) is 5.71. The van der Waals surface area contributed by atoms with Crippen molar-refractivity contribution in [3.05, 3.63) is 29.8 Å². The number of nitrogens with two attached hydrogens (primary N) is 1. The molecular formula is C12H17NOS. The smallest absolute Gasteiger partial charge is 0.138 e. The summed E-state index contributed by atoms with van der Waals surface area (Å²) in [6.07, 6.45) is 1.09. The molecule has 0 aliphatic carbocycles. The summed E-state index contributed by atoms with van der Waals surface area (Å²) in [5, 5.41) is 0. The Kier molecular flexibility index (Phi) is 4.56. The number of para-hydroxylation sites is 1. The first-order chi connectivity index (χ1) is 7.15. The van der Waals surface area contributed by atoms with Gasteiger partial charge in [0.25, 0.3) is 0 Å². The molecule has 0 aliphatic heterocycles. The van der Waals surface area contributed by atoms with Crippen LogP contribution in [-0.2, 0) is 0 Å². The Morgan fingerprint density at radius 2 is 2.13 bits per heavy atom. The average molecular weight is 223 g/mol. The molecule has 3 heteroatoms. The Morgan fingerprint density at radius 1 is 1.47 bits per heavy atom. The van der Waals surface area contributed by atoms with Crippen molar-refractivity contribution in [3.63, 3.8) is 0 Å². The highest BCUT2D eigenvalue weighted by atomic mass is 32.1. The highest BCUT2D eigenvalue weighted by Crippen LogP contribution is 2.28. The number of hydrogen-bond donors (Lipinski definition) is 1. The van der Waals surface area contributed by atoms with E-state index >= 15 is 0 Å². The van der Waals surface area contributed by atoms with Crippen molar-refractivity contribution in [2.24, 2.45) is 5.73 Å². The first kappa shape index (κ1) is 12.0. The number of ether oxygens (including phenoxy) is 1. The van der Waals surface area contributed by atoms with E-state index in [-0.39, 0.29) is 0 Å². The van der Waals surface area contributed by atoms with E-state index in [0.717, 1.165) is 12.2 Å². The van der Waals surface area contributed by atoms with E-state index in [2.05, 4.69) is 19.9 Å². The molecule has 1 aromatic carbocycles. The van der Waals surface area contributed by atoms with Crippen molar-refractivity contribution in [3.8, 4) is 5.75 Å². The maximum Gasteiger partial charge on any atom is 0.138 e. The Hall–Kier alpha value is -1.09. The molecule has 0 amide bonds. The van der Waals surface area contributed by atoms with Crippen LogP contribution in [0.5, 0.6) is 5.75 Å². The van der Waals surface area contributed by atoms with E-state index < -0.39 is 0 Å². The van der Waals surface area contributed by atoms with Crippen LogP contribution in [0.25, 0.3) is 0 Å². The van der Waals surface area contributed by atoms with E-state index in [4.69, 9.17) is 22.7 Å². The zero-order chi connectivity index (χ0) is 11.3. The van der Waals surface area contributed by atoms with Crippen molar-refractivity contribution >= 4 is 17.2 Å². The molecule has 1 rings (SSSR count). The molecule has 0 bridgehead atoms. The molecule has 0 radical (unpaired) electrons. The van der Waals surface area contributed by atoms with Gasteiger partial charge in [0.05, 0.1) is 0 Å². The van der Waals surface area contributed by atoms with Gasteiger partial charge in [-0.15, -0.1) is 0 Å². The number of rotatable bonds is 5. The number of benzene rings is 1. The van der Waals surface area contributed by atoms with Gasteiger partial charge in [-0.2, -0.15) is 0 Å². The molecule has 1 aromatic rings. The van der Waals surface area contributed by atoms with E-state index in [1.54, 1.807) is 0 Å². The van der Waals surface area contributed by atoms with Gasteiger partial charge in [-0.05, 0) is 24.0 Å². The summed E-state index contributed by atoms with van der Waals surface area (Å²) in [5.74, 6) is 1.38. The van der Waals surface area contributed by atoms with Crippen LogP contribution in [0, 0.1) is 0 Å². The summed E-state index contributed by atoms with van der Waals surface area (Å²) in [7, 11) is 0. The van der Waals surface area contributed by atoms with Crippen LogP contribution in [0.2, 0.25) is 0 Å². The normalized spacial score (nSPS) is 12.1. The quantitative estimate of drug-likeness (QED) is 0.780. The van der Waals surface area contributed by atoms with Gasteiger partial charge < -0.3 is 10.5 Å². The SMILES string of the molecule is CCC(C)c1ccccc1OCC(N)=S. The third-order valence-electron chi connectivity index (χ3n) is 2.43. The van der Waals surface area contributed by atoms with Crippen LogP contribution in [0.15, 0.2) is 24.3 Å². The lowest BCUT2D eigenvalue weighted by Gasteiger charge is -2.15. The molecule has 2 nitrogen and oxygen atoms in total. The van der Waals surface area contributed by atoms with Gasteiger partial charge in [-0.1, -0.05) is 44.3 Å². The minimum absolute atomic E-state index is 0.308. The number of hydrogen-bond acceptors (Lipinski definition) is 2.